The van der Waals surface area contributed by atoms with E-state index in [2.05, 4.69) is 0 Å². The first-order chi connectivity index (χ1) is 10.0. The zero-order valence-corrected chi connectivity index (χ0v) is 12.9. The molecule has 1 aromatic carbocycles. The summed E-state index contributed by atoms with van der Waals surface area (Å²) in [6.45, 7) is 3.45. The Morgan fingerprint density at radius 2 is 1.95 bits per heavy atom. The highest BCUT2D eigenvalue weighted by Crippen LogP contribution is 2.35. The number of carboxylic acid groups (broad SMARTS) is 1. The van der Waals surface area contributed by atoms with Gasteiger partial charge in [0.2, 0.25) is 0 Å². The number of benzene rings is 1. The van der Waals surface area contributed by atoms with Crippen molar-refractivity contribution in [1.29, 1.82) is 0 Å². The Balaban J connectivity index is 2.35. The molecule has 1 aliphatic rings. The first kappa shape index (κ1) is 15.6. The van der Waals surface area contributed by atoms with Crippen LogP contribution in [0.2, 0.25) is 0 Å². The topological polar surface area (TPSA) is 59.0 Å². The Hall–Kier alpha value is -1.75. The predicted molar refractivity (Wildman–Crippen MR) is 80.1 cm³/mol. The smallest absolute Gasteiger partial charge is 0.324 e. The van der Waals surface area contributed by atoms with Crippen molar-refractivity contribution in [2.45, 2.75) is 31.7 Å². The monoisotopic (exact) mass is 293 g/mol. The second kappa shape index (κ2) is 6.35. The van der Waals surface area contributed by atoms with Gasteiger partial charge in [-0.05, 0) is 38.9 Å². The van der Waals surface area contributed by atoms with E-state index in [4.69, 9.17) is 9.47 Å². The molecule has 0 bridgehead atoms. The second-order valence-corrected chi connectivity index (χ2v) is 5.60. The number of carboxylic acids is 1. The van der Waals surface area contributed by atoms with Gasteiger partial charge in [0.25, 0.3) is 0 Å². The van der Waals surface area contributed by atoms with Gasteiger partial charge in [-0.1, -0.05) is 12.1 Å². The van der Waals surface area contributed by atoms with Gasteiger partial charge in [-0.25, -0.2) is 0 Å². The van der Waals surface area contributed by atoms with Gasteiger partial charge in [0.15, 0.2) is 11.5 Å². The van der Waals surface area contributed by atoms with Gasteiger partial charge in [0, 0.05) is 12.0 Å². The van der Waals surface area contributed by atoms with Gasteiger partial charge in [-0.3, -0.25) is 9.69 Å². The van der Waals surface area contributed by atoms with E-state index in [0.717, 1.165) is 31.5 Å². The number of hydrogen-bond acceptors (Lipinski definition) is 4. The fourth-order valence-electron chi connectivity index (χ4n) is 3.00. The quantitative estimate of drug-likeness (QED) is 0.871. The molecule has 1 fully saturated rings. The molecule has 1 atom stereocenters. The molecule has 1 aliphatic heterocycles. The summed E-state index contributed by atoms with van der Waals surface area (Å²) in [5, 5.41) is 9.73. The number of methoxy groups -OCH3 is 2. The van der Waals surface area contributed by atoms with Crippen LogP contribution in [0, 0.1) is 0 Å². The Kier molecular flexibility index (Phi) is 4.73. The lowest BCUT2D eigenvalue weighted by atomic mass is 9.90. The molecule has 1 heterocycles. The summed E-state index contributed by atoms with van der Waals surface area (Å²) in [4.78, 5) is 13.9. The average molecular weight is 293 g/mol. The van der Waals surface area contributed by atoms with Gasteiger partial charge in [0.1, 0.15) is 5.54 Å². The van der Waals surface area contributed by atoms with Crippen molar-refractivity contribution in [2.24, 2.45) is 0 Å². The third kappa shape index (κ3) is 2.97. The summed E-state index contributed by atoms with van der Waals surface area (Å²) in [5.74, 6) is 0.449. The maximum absolute atomic E-state index is 11.9. The summed E-state index contributed by atoms with van der Waals surface area (Å²) >= 11 is 0. The van der Waals surface area contributed by atoms with Crippen LogP contribution in [-0.2, 0) is 11.2 Å². The highest BCUT2D eigenvalue weighted by Gasteiger charge is 2.41. The number of carbonyl (C=O) groups is 1. The van der Waals surface area contributed by atoms with E-state index in [9.17, 15) is 9.90 Å². The van der Waals surface area contributed by atoms with Crippen LogP contribution < -0.4 is 9.47 Å². The van der Waals surface area contributed by atoms with Crippen LogP contribution >= 0.6 is 0 Å². The maximum atomic E-state index is 11.9. The zero-order valence-electron chi connectivity index (χ0n) is 12.9. The molecule has 0 aliphatic carbocycles. The lowest BCUT2D eigenvalue weighted by Gasteiger charge is -2.35. The Bertz CT molecular complexity index is 511. The molecule has 0 saturated carbocycles. The van der Waals surface area contributed by atoms with Crippen molar-refractivity contribution in [3.63, 3.8) is 0 Å². The number of aliphatic carboxylic acids is 1. The van der Waals surface area contributed by atoms with E-state index in [1.807, 2.05) is 23.1 Å². The molecule has 0 spiro atoms. The summed E-state index contributed by atoms with van der Waals surface area (Å²) in [6, 6.07) is 5.58. The lowest BCUT2D eigenvalue weighted by molar-refractivity contribution is -0.149. The van der Waals surface area contributed by atoms with Crippen LogP contribution in [0.25, 0.3) is 0 Å². The minimum atomic E-state index is -0.920. The third-order valence-corrected chi connectivity index (χ3v) is 4.28. The molecule has 1 N–H and O–H groups in total. The van der Waals surface area contributed by atoms with Crippen molar-refractivity contribution in [1.82, 2.24) is 4.90 Å². The number of para-hydroxylation sites is 1. The molecule has 1 unspecified atom stereocenters. The van der Waals surface area contributed by atoms with Crippen LogP contribution in [0.5, 0.6) is 11.5 Å². The van der Waals surface area contributed by atoms with Crippen molar-refractivity contribution >= 4 is 5.97 Å². The number of nitrogens with zero attached hydrogens (tertiary/aromatic N) is 1. The number of rotatable bonds is 6. The molecule has 0 amide bonds. The molecular weight excluding hydrogens is 270 g/mol. The van der Waals surface area contributed by atoms with E-state index in [0.29, 0.717) is 17.9 Å². The molecule has 2 rings (SSSR count). The molecule has 5 nitrogen and oxygen atoms in total. The van der Waals surface area contributed by atoms with Crippen LogP contribution in [0.1, 0.15) is 25.3 Å². The van der Waals surface area contributed by atoms with E-state index in [1.54, 1.807) is 21.1 Å². The summed E-state index contributed by atoms with van der Waals surface area (Å²) < 4.78 is 10.7. The second-order valence-electron chi connectivity index (χ2n) is 5.60. The maximum Gasteiger partial charge on any atom is 0.324 e. The van der Waals surface area contributed by atoms with Crippen molar-refractivity contribution < 1.29 is 19.4 Å². The fourth-order valence-corrected chi connectivity index (χ4v) is 3.00. The Labute approximate surface area is 125 Å². The number of likely N-dealkylation sites (tertiary alicyclic amines) is 1. The predicted octanol–water partition coefficient (Wildman–Crippen LogP) is 2.19. The lowest BCUT2D eigenvalue weighted by Crippen LogP contribution is -2.52. The van der Waals surface area contributed by atoms with Gasteiger partial charge in [0.05, 0.1) is 14.2 Å². The Morgan fingerprint density at radius 3 is 2.48 bits per heavy atom. The normalized spacial score (nSPS) is 18.2. The minimum absolute atomic E-state index is 0.392. The van der Waals surface area contributed by atoms with E-state index in [-0.39, 0.29) is 0 Å². The fraction of sp³-hybridized carbons (Fsp3) is 0.562. The zero-order chi connectivity index (χ0) is 15.5. The van der Waals surface area contributed by atoms with E-state index < -0.39 is 11.5 Å². The molecular formula is C16H23NO4. The summed E-state index contributed by atoms with van der Waals surface area (Å²) in [7, 11) is 3.16. The Morgan fingerprint density at radius 1 is 1.29 bits per heavy atom. The van der Waals surface area contributed by atoms with Gasteiger partial charge >= 0.3 is 5.97 Å². The molecule has 1 saturated heterocycles. The number of hydrogen-bond donors (Lipinski definition) is 1. The molecule has 0 radical (unpaired) electrons. The molecule has 21 heavy (non-hydrogen) atoms. The van der Waals surface area contributed by atoms with Crippen LogP contribution in [0.3, 0.4) is 0 Å². The minimum Gasteiger partial charge on any atom is -0.493 e. The molecule has 116 valence electrons. The standard InChI is InChI=1S/C16H23NO4/c1-16(15(18)19,17-9-4-5-10-17)11-12-7-6-8-13(20-2)14(12)21-3/h6-8H,4-5,9-11H2,1-3H3,(H,18,19). The first-order valence-electron chi connectivity index (χ1n) is 7.21. The molecule has 1 aromatic rings. The van der Waals surface area contributed by atoms with Gasteiger partial charge in [-0.2, -0.15) is 0 Å². The van der Waals surface area contributed by atoms with Crippen LogP contribution in [0.15, 0.2) is 18.2 Å². The third-order valence-electron chi connectivity index (χ3n) is 4.28. The highest BCUT2D eigenvalue weighted by atomic mass is 16.5. The van der Waals surface area contributed by atoms with E-state index >= 15 is 0 Å². The van der Waals surface area contributed by atoms with Gasteiger partial charge < -0.3 is 14.6 Å². The average Bonchev–Trinajstić information content (AvgIpc) is 3.01. The SMILES string of the molecule is COc1cccc(CC(C)(C(=O)O)N2CCCC2)c1OC. The van der Waals surface area contributed by atoms with Crippen molar-refractivity contribution in [2.75, 3.05) is 27.3 Å². The summed E-state index contributed by atoms with van der Waals surface area (Å²) in [5.41, 5.74) is -0.0653. The number of ether oxygens (including phenoxy) is 2. The van der Waals surface area contributed by atoms with Crippen LogP contribution in [-0.4, -0.2) is 48.8 Å². The molecule has 0 aromatic heterocycles. The summed E-state index contributed by atoms with van der Waals surface area (Å²) in [6.07, 6.45) is 2.50. The van der Waals surface area contributed by atoms with Gasteiger partial charge in [-0.15, -0.1) is 0 Å². The van der Waals surface area contributed by atoms with Crippen molar-refractivity contribution in [3.05, 3.63) is 23.8 Å². The molecule has 5 heteroatoms. The van der Waals surface area contributed by atoms with Crippen LogP contribution in [0.4, 0.5) is 0 Å². The highest BCUT2D eigenvalue weighted by molar-refractivity contribution is 5.79. The van der Waals surface area contributed by atoms with Crippen molar-refractivity contribution in [3.8, 4) is 11.5 Å². The van der Waals surface area contributed by atoms with E-state index in [1.165, 1.54) is 0 Å². The first-order valence-corrected chi connectivity index (χ1v) is 7.21. The largest absolute Gasteiger partial charge is 0.493 e.